The van der Waals surface area contributed by atoms with Crippen LogP contribution in [-0.2, 0) is 39.8 Å². The van der Waals surface area contributed by atoms with Gasteiger partial charge in [-0.3, -0.25) is 9.59 Å². The maximum absolute atomic E-state index is 12.4. The first-order valence-corrected chi connectivity index (χ1v) is 11.6. The topological polar surface area (TPSA) is 128 Å². The van der Waals surface area contributed by atoms with E-state index in [-0.39, 0.29) is 12.8 Å². The maximum Gasteiger partial charge on any atom is 0.397 e. The average molecular weight is 520 g/mol. The molecule has 36 heavy (non-hydrogen) atoms. The molecule has 0 heterocycles. The normalized spacial score (nSPS) is 12.7. The first kappa shape index (κ1) is 28.8. The van der Waals surface area contributed by atoms with Gasteiger partial charge in [0.1, 0.15) is 5.60 Å². The first-order chi connectivity index (χ1) is 16.8. The molecule has 2 atom stereocenters. The lowest BCUT2D eigenvalue weighted by atomic mass is 9.98. The van der Waals surface area contributed by atoms with E-state index in [0.717, 1.165) is 23.6 Å². The van der Waals surface area contributed by atoms with Crippen molar-refractivity contribution < 1.29 is 38.5 Å². The van der Waals surface area contributed by atoms with Crippen LogP contribution in [0.2, 0.25) is 5.02 Å². The minimum absolute atomic E-state index is 0.193. The van der Waals surface area contributed by atoms with E-state index in [9.17, 15) is 24.3 Å². The van der Waals surface area contributed by atoms with Gasteiger partial charge in [-0.05, 0) is 56.0 Å². The second kappa shape index (κ2) is 13.0. The molecule has 10 heteroatoms. The monoisotopic (exact) mass is 519 g/mol. The highest BCUT2D eigenvalue weighted by Crippen LogP contribution is 2.23. The number of aliphatic hydroxyl groups is 1. The van der Waals surface area contributed by atoms with Gasteiger partial charge in [-0.2, -0.15) is 0 Å². The lowest BCUT2D eigenvalue weighted by molar-refractivity contribution is -0.172. The number of aliphatic hydroxyl groups excluding tert-OH is 1. The van der Waals surface area contributed by atoms with Crippen LogP contribution in [0.1, 0.15) is 39.7 Å². The smallest absolute Gasteiger partial charge is 0.397 e. The standard InChI is InChI=1S/C26H30ClNO8/c1-16(29)34-15-35-24(32)22(30)14-21(28-23(31)25(33)36-26(2,3)4)12-17-8-10-18(11-9-17)19-6-5-7-20(27)13-19/h5-11,13,21-22,30H,12,14-15H2,1-4H3,(H,28,31)/t21-,22-/m1/s1. The molecule has 0 bridgehead atoms. The largest absolute Gasteiger partial charge is 0.453 e. The van der Waals surface area contributed by atoms with Gasteiger partial charge in [-0.25, -0.2) is 9.59 Å². The van der Waals surface area contributed by atoms with E-state index in [1.165, 1.54) is 0 Å². The molecule has 0 aromatic heterocycles. The summed E-state index contributed by atoms with van der Waals surface area (Å²) < 4.78 is 14.3. The van der Waals surface area contributed by atoms with Crippen LogP contribution in [0.25, 0.3) is 11.1 Å². The van der Waals surface area contributed by atoms with Crippen molar-refractivity contribution >= 4 is 35.4 Å². The van der Waals surface area contributed by atoms with Crippen molar-refractivity contribution in [1.82, 2.24) is 5.32 Å². The molecule has 0 spiro atoms. The molecule has 2 aromatic rings. The van der Waals surface area contributed by atoms with Crippen LogP contribution in [0, 0.1) is 0 Å². The van der Waals surface area contributed by atoms with Crippen molar-refractivity contribution in [3.63, 3.8) is 0 Å². The van der Waals surface area contributed by atoms with Crippen LogP contribution in [-0.4, -0.2) is 53.5 Å². The van der Waals surface area contributed by atoms with Crippen molar-refractivity contribution in [3.8, 4) is 11.1 Å². The molecule has 0 fully saturated rings. The zero-order chi connectivity index (χ0) is 26.9. The van der Waals surface area contributed by atoms with Crippen molar-refractivity contribution in [2.24, 2.45) is 0 Å². The molecule has 0 saturated heterocycles. The third-order valence-corrected chi connectivity index (χ3v) is 4.99. The summed E-state index contributed by atoms with van der Waals surface area (Å²) in [4.78, 5) is 47.5. The van der Waals surface area contributed by atoms with Gasteiger partial charge in [0.2, 0.25) is 6.79 Å². The van der Waals surface area contributed by atoms with E-state index in [1.54, 1.807) is 26.8 Å². The number of benzene rings is 2. The Morgan fingerprint density at radius 2 is 1.67 bits per heavy atom. The second-order valence-corrected chi connectivity index (χ2v) is 9.49. The molecular weight excluding hydrogens is 490 g/mol. The summed E-state index contributed by atoms with van der Waals surface area (Å²) in [5.74, 6) is -3.79. The molecule has 0 radical (unpaired) electrons. The summed E-state index contributed by atoms with van der Waals surface area (Å²) in [5, 5.41) is 13.4. The number of esters is 3. The SMILES string of the molecule is CC(=O)OCOC(=O)[C@H](O)C[C@@H](Cc1ccc(-c2cccc(Cl)c2)cc1)NC(=O)C(=O)OC(C)(C)C. The van der Waals surface area contributed by atoms with Crippen LogP contribution in [0.15, 0.2) is 48.5 Å². The predicted octanol–water partition coefficient (Wildman–Crippen LogP) is 3.19. The van der Waals surface area contributed by atoms with E-state index in [4.69, 9.17) is 21.1 Å². The second-order valence-electron chi connectivity index (χ2n) is 9.05. The Balaban J connectivity index is 2.13. The van der Waals surface area contributed by atoms with Crippen LogP contribution in [0.3, 0.4) is 0 Å². The van der Waals surface area contributed by atoms with Crippen molar-refractivity contribution in [2.75, 3.05) is 6.79 Å². The van der Waals surface area contributed by atoms with E-state index in [2.05, 4.69) is 10.1 Å². The molecule has 1 amide bonds. The fourth-order valence-corrected chi connectivity index (χ4v) is 3.37. The van der Waals surface area contributed by atoms with E-state index >= 15 is 0 Å². The van der Waals surface area contributed by atoms with E-state index in [1.807, 2.05) is 42.5 Å². The fourth-order valence-electron chi connectivity index (χ4n) is 3.18. The number of rotatable bonds is 9. The molecule has 0 aliphatic heterocycles. The number of halogens is 1. The summed E-state index contributed by atoms with van der Waals surface area (Å²) >= 11 is 6.07. The number of carbonyl (C=O) groups excluding carboxylic acids is 4. The van der Waals surface area contributed by atoms with E-state index in [0.29, 0.717) is 5.02 Å². The highest BCUT2D eigenvalue weighted by atomic mass is 35.5. The minimum atomic E-state index is -1.64. The van der Waals surface area contributed by atoms with Gasteiger partial charge in [0.15, 0.2) is 6.10 Å². The van der Waals surface area contributed by atoms with Gasteiger partial charge in [0.05, 0.1) is 0 Å². The number of hydrogen-bond donors (Lipinski definition) is 2. The zero-order valence-corrected chi connectivity index (χ0v) is 21.3. The Hall–Kier alpha value is -3.43. The van der Waals surface area contributed by atoms with Gasteiger partial charge in [-0.1, -0.05) is 48.0 Å². The Labute approximate surface area is 214 Å². The molecule has 9 nitrogen and oxygen atoms in total. The Morgan fingerprint density at radius 1 is 1.00 bits per heavy atom. The van der Waals surface area contributed by atoms with Crippen molar-refractivity contribution in [2.45, 2.75) is 58.3 Å². The molecule has 194 valence electrons. The van der Waals surface area contributed by atoms with Crippen molar-refractivity contribution in [3.05, 3.63) is 59.1 Å². The third-order valence-electron chi connectivity index (χ3n) is 4.76. The van der Waals surface area contributed by atoms with E-state index < -0.39 is 48.4 Å². The average Bonchev–Trinajstić information content (AvgIpc) is 2.78. The number of ether oxygens (including phenoxy) is 3. The summed E-state index contributed by atoms with van der Waals surface area (Å²) in [6.45, 7) is 5.37. The van der Waals surface area contributed by atoms with Crippen molar-refractivity contribution in [1.29, 1.82) is 0 Å². The lowest BCUT2D eigenvalue weighted by Crippen LogP contribution is -2.45. The molecule has 0 aliphatic carbocycles. The Morgan fingerprint density at radius 3 is 2.25 bits per heavy atom. The highest BCUT2D eigenvalue weighted by molar-refractivity contribution is 6.32. The van der Waals surface area contributed by atoms with Gasteiger partial charge in [0, 0.05) is 24.4 Å². The highest BCUT2D eigenvalue weighted by Gasteiger charge is 2.28. The lowest BCUT2D eigenvalue weighted by Gasteiger charge is -2.23. The molecule has 0 unspecified atom stereocenters. The molecule has 2 N–H and O–H groups in total. The number of amides is 1. The molecule has 0 aliphatic rings. The molecular formula is C26H30ClNO8. The number of carbonyl (C=O) groups is 4. The predicted molar refractivity (Wildman–Crippen MR) is 132 cm³/mol. The number of hydrogen-bond acceptors (Lipinski definition) is 8. The summed E-state index contributed by atoms with van der Waals surface area (Å²) in [7, 11) is 0. The molecule has 0 saturated carbocycles. The first-order valence-electron chi connectivity index (χ1n) is 11.2. The minimum Gasteiger partial charge on any atom is -0.453 e. The zero-order valence-electron chi connectivity index (χ0n) is 20.6. The summed E-state index contributed by atoms with van der Waals surface area (Å²) in [6, 6.07) is 14.0. The third kappa shape index (κ3) is 10.1. The summed E-state index contributed by atoms with van der Waals surface area (Å²) in [5.41, 5.74) is 1.75. The summed E-state index contributed by atoms with van der Waals surface area (Å²) in [6.07, 6.45) is -1.71. The fraction of sp³-hybridized carbons (Fsp3) is 0.385. The van der Waals surface area contributed by atoms with Gasteiger partial charge >= 0.3 is 23.8 Å². The van der Waals surface area contributed by atoms with Crippen LogP contribution >= 0.6 is 11.6 Å². The van der Waals surface area contributed by atoms with Crippen LogP contribution in [0.4, 0.5) is 0 Å². The van der Waals surface area contributed by atoms with Gasteiger partial charge < -0.3 is 24.6 Å². The number of nitrogens with one attached hydrogen (secondary N) is 1. The Kier molecular flexibility index (Phi) is 10.4. The molecule has 2 aromatic carbocycles. The van der Waals surface area contributed by atoms with Gasteiger partial charge in [0.25, 0.3) is 0 Å². The van der Waals surface area contributed by atoms with Crippen LogP contribution < -0.4 is 5.32 Å². The maximum atomic E-state index is 12.4. The quantitative estimate of drug-likeness (QED) is 0.293. The van der Waals surface area contributed by atoms with Gasteiger partial charge in [-0.15, -0.1) is 0 Å². The Bertz CT molecular complexity index is 1080. The van der Waals surface area contributed by atoms with Crippen LogP contribution in [0.5, 0.6) is 0 Å². The molecule has 2 rings (SSSR count).